The highest BCUT2D eigenvalue weighted by Crippen LogP contribution is 2.24. The fraction of sp³-hybridized carbons (Fsp3) is 0.250. The van der Waals surface area contributed by atoms with E-state index in [0.29, 0.717) is 0 Å². The zero-order chi connectivity index (χ0) is 8.43. The van der Waals surface area contributed by atoms with Crippen LogP contribution in [0.3, 0.4) is 0 Å². The van der Waals surface area contributed by atoms with Crippen LogP contribution in [-0.2, 0) is 0 Å². The van der Waals surface area contributed by atoms with Crippen LogP contribution in [0.1, 0.15) is 18.5 Å². The Balaban J connectivity index is 0.00000121. The minimum atomic E-state index is 0. The monoisotopic (exact) mass is 269 g/mol. The van der Waals surface area contributed by atoms with Gasteiger partial charge < -0.3 is 5.73 Å². The van der Waals surface area contributed by atoms with Gasteiger partial charge in [0.2, 0.25) is 0 Å². The molecule has 0 aliphatic rings. The summed E-state index contributed by atoms with van der Waals surface area (Å²) < 4.78 is 0.897. The number of rotatable bonds is 1. The normalized spacial score (nSPS) is 12.0. The maximum Gasteiger partial charge on any atom is 0.0548 e. The van der Waals surface area contributed by atoms with E-state index in [-0.39, 0.29) is 18.4 Å². The van der Waals surface area contributed by atoms with Gasteiger partial charge in [0, 0.05) is 10.5 Å². The molecule has 68 valence electrons. The van der Waals surface area contributed by atoms with Crippen LogP contribution >= 0.6 is 39.9 Å². The van der Waals surface area contributed by atoms with Crippen molar-refractivity contribution < 1.29 is 0 Å². The summed E-state index contributed by atoms with van der Waals surface area (Å²) in [4.78, 5) is 0. The molecule has 1 rings (SSSR count). The molecule has 0 saturated carbocycles. The Morgan fingerprint density at radius 2 is 2.08 bits per heavy atom. The van der Waals surface area contributed by atoms with E-state index in [9.17, 15) is 0 Å². The van der Waals surface area contributed by atoms with E-state index in [2.05, 4.69) is 15.9 Å². The Kier molecular flexibility index (Phi) is 5.18. The van der Waals surface area contributed by atoms with Gasteiger partial charge in [-0.2, -0.15) is 0 Å². The van der Waals surface area contributed by atoms with E-state index in [4.69, 9.17) is 17.3 Å². The first-order chi connectivity index (χ1) is 5.11. The van der Waals surface area contributed by atoms with Gasteiger partial charge in [-0.3, -0.25) is 0 Å². The molecule has 1 unspecified atom stereocenters. The van der Waals surface area contributed by atoms with Crippen molar-refractivity contribution in [3.05, 3.63) is 33.3 Å². The van der Waals surface area contributed by atoms with Crippen molar-refractivity contribution in [2.24, 2.45) is 5.73 Å². The van der Waals surface area contributed by atoms with Crippen LogP contribution in [0.4, 0.5) is 0 Å². The summed E-state index contributed by atoms with van der Waals surface area (Å²) in [6.45, 7) is 1.94. The lowest BCUT2D eigenvalue weighted by Gasteiger charge is -2.05. The van der Waals surface area contributed by atoms with E-state index in [0.717, 1.165) is 15.1 Å². The summed E-state index contributed by atoms with van der Waals surface area (Å²) in [5.41, 5.74) is 6.75. The lowest BCUT2D eigenvalue weighted by Crippen LogP contribution is -2.04. The zero-order valence-electron chi connectivity index (χ0n) is 6.55. The molecule has 0 bridgehead atoms. The number of halogens is 3. The third-order valence-electron chi connectivity index (χ3n) is 1.47. The molecular weight excluding hydrogens is 261 g/mol. The third-order valence-corrected chi connectivity index (χ3v) is 2.68. The van der Waals surface area contributed by atoms with E-state index in [1.807, 2.05) is 25.1 Å². The van der Waals surface area contributed by atoms with Gasteiger partial charge in [-0.1, -0.05) is 17.7 Å². The van der Waals surface area contributed by atoms with Gasteiger partial charge in [-0.05, 0) is 40.5 Å². The van der Waals surface area contributed by atoms with Gasteiger partial charge in [0.25, 0.3) is 0 Å². The van der Waals surface area contributed by atoms with Gasteiger partial charge in [-0.15, -0.1) is 12.4 Å². The van der Waals surface area contributed by atoms with E-state index in [1.165, 1.54) is 0 Å². The molecule has 0 heterocycles. The molecule has 0 aliphatic heterocycles. The summed E-state index contributed by atoms with van der Waals surface area (Å²) in [6, 6.07) is 5.76. The van der Waals surface area contributed by atoms with Crippen molar-refractivity contribution in [3.63, 3.8) is 0 Å². The van der Waals surface area contributed by atoms with Crippen molar-refractivity contribution in [1.82, 2.24) is 0 Å². The molecule has 0 aliphatic carbocycles. The van der Waals surface area contributed by atoms with Crippen molar-refractivity contribution in [1.29, 1.82) is 0 Å². The maximum atomic E-state index is 5.80. The molecule has 0 saturated heterocycles. The average molecular weight is 271 g/mol. The van der Waals surface area contributed by atoms with Crippen LogP contribution in [0.2, 0.25) is 5.02 Å². The number of hydrogen-bond acceptors (Lipinski definition) is 1. The molecule has 12 heavy (non-hydrogen) atoms. The van der Waals surface area contributed by atoms with Crippen LogP contribution in [0.5, 0.6) is 0 Å². The lowest BCUT2D eigenvalue weighted by atomic mass is 10.1. The summed E-state index contributed by atoms with van der Waals surface area (Å²) >= 11 is 9.12. The SMILES string of the molecule is CC(N)c1ccc(Cl)c(Br)c1.Cl. The minimum absolute atomic E-state index is 0. The van der Waals surface area contributed by atoms with Crippen molar-refractivity contribution in [2.45, 2.75) is 13.0 Å². The Hall–Kier alpha value is 0.240. The van der Waals surface area contributed by atoms with E-state index in [1.54, 1.807) is 0 Å². The molecule has 0 radical (unpaired) electrons. The summed E-state index contributed by atoms with van der Waals surface area (Å²) in [6.07, 6.45) is 0. The molecule has 0 spiro atoms. The minimum Gasteiger partial charge on any atom is -0.324 e. The number of hydrogen-bond donors (Lipinski definition) is 1. The van der Waals surface area contributed by atoms with Gasteiger partial charge in [-0.25, -0.2) is 0 Å². The fourth-order valence-corrected chi connectivity index (χ4v) is 1.31. The Morgan fingerprint density at radius 1 is 1.50 bits per heavy atom. The van der Waals surface area contributed by atoms with Gasteiger partial charge in [0.1, 0.15) is 0 Å². The molecule has 4 heteroatoms. The zero-order valence-corrected chi connectivity index (χ0v) is 9.71. The summed E-state index contributed by atoms with van der Waals surface area (Å²) in [5.74, 6) is 0. The quantitative estimate of drug-likeness (QED) is 0.830. The largest absolute Gasteiger partial charge is 0.324 e. The van der Waals surface area contributed by atoms with Gasteiger partial charge in [0.15, 0.2) is 0 Å². The molecule has 1 aromatic carbocycles. The van der Waals surface area contributed by atoms with Crippen molar-refractivity contribution in [2.75, 3.05) is 0 Å². The molecule has 0 amide bonds. The van der Waals surface area contributed by atoms with Crippen LogP contribution in [0.15, 0.2) is 22.7 Å². The molecule has 2 N–H and O–H groups in total. The van der Waals surface area contributed by atoms with Crippen molar-refractivity contribution >= 4 is 39.9 Å². The molecule has 0 aromatic heterocycles. The van der Waals surface area contributed by atoms with Crippen LogP contribution in [-0.4, -0.2) is 0 Å². The highest BCUT2D eigenvalue weighted by molar-refractivity contribution is 9.10. The van der Waals surface area contributed by atoms with Gasteiger partial charge >= 0.3 is 0 Å². The van der Waals surface area contributed by atoms with Crippen molar-refractivity contribution in [3.8, 4) is 0 Å². The molecule has 1 atom stereocenters. The Morgan fingerprint density at radius 3 is 2.50 bits per heavy atom. The smallest absolute Gasteiger partial charge is 0.0548 e. The van der Waals surface area contributed by atoms with Gasteiger partial charge in [0.05, 0.1) is 5.02 Å². The Labute approximate surface area is 91.8 Å². The second-order valence-corrected chi connectivity index (χ2v) is 3.72. The van der Waals surface area contributed by atoms with Crippen LogP contribution < -0.4 is 5.73 Å². The molecule has 1 nitrogen and oxygen atoms in total. The van der Waals surface area contributed by atoms with E-state index >= 15 is 0 Å². The standard InChI is InChI=1S/C8H9BrClN.ClH/c1-5(11)6-2-3-8(10)7(9)4-6;/h2-5H,11H2,1H3;1H. The van der Waals surface area contributed by atoms with E-state index < -0.39 is 0 Å². The molecule has 0 fully saturated rings. The topological polar surface area (TPSA) is 26.0 Å². The first-order valence-electron chi connectivity index (χ1n) is 3.32. The fourth-order valence-electron chi connectivity index (χ4n) is 0.796. The van der Waals surface area contributed by atoms with Crippen LogP contribution in [0, 0.1) is 0 Å². The highest BCUT2D eigenvalue weighted by atomic mass is 79.9. The lowest BCUT2D eigenvalue weighted by molar-refractivity contribution is 0.817. The maximum absolute atomic E-state index is 5.80. The number of nitrogens with two attached hydrogens (primary N) is 1. The first kappa shape index (κ1) is 12.2. The average Bonchev–Trinajstić information content (AvgIpc) is 1.94. The third kappa shape index (κ3) is 2.94. The first-order valence-corrected chi connectivity index (χ1v) is 4.49. The van der Waals surface area contributed by atoms with Crippen LogP contribution in [0.25, 0.3) is 0 Å². The molecular formula is C8H10BrCl2N. The summed E-state index contributed by atoms with van der Waals surface area (Å²) in [5, 5.41) is 0.717. The Bertz CT molecular complexity index is 263. The second-order valence-electron chi connectivity index (χ2n) is 2.46. The predicted molar refractivity (Wildman–Crippen MR) is 59.0 cm³/mol. The summed E-state index contributed by atoms with van der Waals surface area (Å²) in [7, 11) is 0. The number of benzene rings is 1. The molecule has 1 aromatic rings. The predicted octanol–water partition coefficient (Wildman–Crippen LogP) is 3.54. The second kappa shape index (κ2) is 5.07. The highest BCUT2D eigenvalue weighted by Gasteiger charge is 2.01.